The Morgan fingerprint density at radius 3 is 2.35 bits per heavy atom. The van der Waals surface area contributed by atoms with Crippen molar-refractivity contribution in [2.45, 2.75) is 32.1 Å². The first-order valence-corrected chi connectivity index (χ1v) is 8.49. The molecule has 1 nitrogen and oxygen atoms in total. The molecule has 0 spiro atoms. The molecule has 0 N–H and O–H groups in total. The number of hydrogen-bond donors (Lipinski definition) is 0. The third kappa shape index (κ3) is 2.81. The Morgan fingerprint density at radius 1 is 0.913 bits per heavy atom. The van der Waals surface area contributed by atoms with E-state index in [2.05, 4.69) is 68.3 Å². The van der Waals surface area contributed by atoms with Crippen LogP contribution in [0.15, 0.2) is 42.5 Å². The highest BCUT2D eigenvalue weighted by Gasteiger charge is 2.43. The maximum absolute atomic E-state index is 2.50. The smallest absolute Gasteiger partial charge is 0.0127 e. The van der Waals surface area contributed by atoms with Crippen LogP contribution in [-0.4, -0.2) is 25.0 Å². The minimum atomic E-state index is 0. The summed E-state index contributed by atoms with van der Waals surface area (Å²) in [4.78, 5) is 2.50. The van der Waals surface area contributed by atoms with Gasteiger partial charge in [-0.1, -0.05) is 53.6 Å². The molecule has 1 heterocycles. The standard InChI is InChI=1S/C21H25N.ClH/c1-14-4-7-16(8-5-14)21-18-10-11-22(3)13-20(18)17-9-6-15(2)12-19(17)21;/h4-9,12,18,20-21H,10-11,13H2,1-3H3;1H/t18-,20-,21-;/m1./s1. The fraction of sp³-hybridized carbons (Fsp3) is 0.429. The molecular formula is C21H26ClN. The van der Waals surface area contributed by atoms with Crippen molar-refractivity contribution >= 4 is 12.4 Å². The number of rotatable bonds is 1. The average Bonchev–Trinajstić information content (AvgIpc) is 2.81. The van der Waals surface area contributed by atoms with E-state index < -0.39 is 0 Å². The Hall–Kier alpha value is -1.31. The van der Waals surface area contributed by atoms with Crippen molar-refractivity contribution in [3.63, 3.8) is 0 Å². The lowest BCUT2D eigenvalue weighted by molar-refractivity contribution is 0.191. The maximum atomic E-state index is 2.50. The topological polar surface area (TPSA) is 3.24 Å². The lowest BCUT2D eigenvalue weighted by atomic mass is 9.78. The molecule has 0 bridgehead atoms. The quantitative estimate of drug-likeness (QED) is 0.719. The Kier molecular flexibility index (Phi) is 4.53. The van der Waals surface area contributed by atoms with Gasteiger partial charge in [-0.15, -0.1) is 12.4 Å². The zero-order valence-electron chi connectivity index (χ0n) is 14.3. The highest BCUT2D eigenvalue weighted by atomic mass is 35.5. The molecule has 0 saturated carbocycles. The van der Waals surface area contributed by atoms with E-state index in [9.17, 15) is 0 Å². The Bertz CT molecular complexity index is 691. The van der Waals surface area contributed by atoms with Gasteiger partial charge in [0.2, 0.25) is 0 Å². The van der Waals surface area contributed by atoms with Crippen LogP contribution in [0.2, 0.25) is 0 Å². The molecule has 1 saturated heterocycles. The molecule has 1 fully saturated rings. The fourth-order valence-corrected chi connectivity index (χ4v) is 4.59. The average molecular weight is 328 g/mol. The minimum absolute atomic E-state index is 0. The zero-order valence-corrected chi connectivity index (χ0v) is 15.1. The van der Waals surface area contributed by atoms with Crippen LogP contribution in [0.3, 0.4) is 0 Å². The molecule has 3 atom stereocenters. The summed E-state index contributed by atoms with van der Waals surface area (Å²) < 4.78 is 0. The van der Waals surface area contributed by atoms with Gasteiger partial charge in [-0.05, 0) is 56.5 Å². The van der Waals surface area contributed by atoms with Gasteiger partial charge in [-0.2, -0.15) is 0 Å². The summed E-state index contributed by atoms with van der Waals surface area (Å²) >= 11 is 0. The molecular weight excluding hydrogens is 302 g/mol. The van der Waals surface area contributed by atoms with E-state index in [-0.39, 0.29) is 12.4 Å². The number of halogens is 1. The molecule has 2 aromatic carbocycles. The lowest BCUT2D eigenvalue weighted by Crippen LogP contribution is -2.36. The second kappa shape index (κ2) is 6.30. The second-order valence-corrected chi connectivity index (χ2v) is 7.34. The Balaban J connectivity index is 0.00000156. The summed E-state index contributed by atoms with van der Waals surface area (Å²) in [6, 6.07) is 16.4. The van der Waals surface area contributed by atoms with Gasteiger partial charge in [0.15, 0.2) is 0 Å². The summed E-state index contributed by atoms with van der Waals surface area (Å²) in [5, 5.41) is 0. The first-order chi connectivity index (χ1) is 10.6. The van der Waals surface area contributed by atoms with Crippen molar-refractivity contribution in [3.05, 3.63) is 70.3 Å². The first kappa shape index (κ1) is 16.5. The van der Waals surface area contributed by atoms with Crippen LogP contribution in [0.1, 0.15) is 46.1 Å². The van der Waals surface area contributed by atoms with Gasteiger partial charge in [0.05, 0.1) is 0 Å². The van der Waals surface area contributed by atoms with Crippen molar-refractivity contribution in [2.75, 3.05) is 20.1 Å². The summed E-state index contributed by atoms with van der Waals surface area (Å²) in [6.07, 6.45) is 1.31. The van der Waals surface area contributed by atoms with E-state index in [0.29, 0.717) is 11.8 Å². The van der Waals surface area contributed by atoms with E-state index in [4.69, 9.17) is 0 Å². The summed E-state index contributed by atoms with van der Waals surface area (Å²) in [7, 11) is 2.27. The Labute approximate surface area is 146 Å². The molecule has 1 aliphatic carbocycles. The normalized spacial score (nSPS) is 26.3. The van der Waals surface area contributed by atoms with Crippen molar-refractivity contribution in [3.8, 4) is 0 Å². The van der Waals surface area contributed by atoms with Gasteiger partial charge in [0, 0.05) is 18.4 Å². The highest BCUT2D eigenvalue weighted by molar-refractivity contribution is 5.85. The maximum Gasteiger partial charge on any atom is 0.0127 e. The third-order valence-corrected chi connectivity index (χ3v) is 5.71. The van der Waals surface area contributed by atoms with E-state index in [1.54, 1.807) is 11.1 Å². The van der Waals surface area contributed by atoms with Gasteiger partial charge in [-0.25, -0.2) is 0 Å². The predicted molar refractivity (Wildman–Crippen MR) is 99.8 cm³/mol. The second-order valence-electron chi connectivity index (χ2n) is 7.34. The molecule has 122 valence electrons. The largest absolute Gasteiger partial charge is 0.306 e. The summed E-state index contributed by atoms with van der Waals surface area (Å²) in [6.45, 7) is 6.84. The molecule has 4 rings (SSSR count). The van der Waals surface area contributed by atoms with Gasteiger partial charge in [0.25, 0.3) is 0 Å². The number of aryl methyl sites for hydroxylation is 2. The van der Waals surface area contributed by atoms with Crippen LogP contribution in [0.4, 0.5) is 0 Å². The SMILES string of the molecule is Cc1ccc([C@H]2c3cc(C)ccc3[C@H]3CN(C)CC[C@@H]23)cc1.Cl. The highest BCUT2D eigenvalue weighted by Crippen LogP contribution is 2.53. The number of piperidine rings is 1. The fourth-order valence-electron chi connectivity index (χ4n) is 4.59. The lowest BCUT2D eigenvalue weighted by Gasteiger charge is -2.35. The molecule has 0 amide bonds. The zero-order chi connectivity index (χ0) is 15.3. The number of hydrogen-bond acceptors (Lipinski definition) is 1. The molecule has 1 aliphatic heterocycles. The third-order valence-electron chi connectivity index (χ3n) is 5.71. The van der Waals surface area contributed by atoms with Crippen LogP contribution >= 0.6 is 12.4 Å². The molecule has 23 heavy (non-hydrogen) atoms. The van der Waals surface area contributed by atoms with E-state index in [1.165, 1.54) is 36.2 Å². The molecule has 0 aromatic heterocycles. The number of benzene rings is 2. The van der Waals surface area contributed by atoms with Gasteiger partial charge in [-0.3, -0.25) is 0 Å². The van der Waals surface area contributed by atoms with Gasteiger partial charge in [0.1, 0.15) is 0 Å². The Morgan fingerprint density at radius 2 is 1.61 bits per heavy atom. The monoisotopic (exact) mass is 327 g/mol. The van der Waals surface area contributed by atoms with Crippen LogP contribution in [-0.2, 0) is 0 Å². The van der Waals surface area contributed by atoms with Crippen molar-refractivity contribution in [2.24, 2.45) is 5.92 Å². The summed E-state index contributed by atoms with van der Waals surface area (Å²) in [5.41, 5.74) is 7.45. The molecule has 0 unspecified atom stereocenters. The summed E-state index contributed by atoms with van der Waals surface area (Å²) in [5.74, 6) is 2.07. The molecule has 0 radical (unpaired) electrons. The van der Waals surface area contributed by atoms with Crippen LogP contribution < -0.4 is 0 Å². The van der Waals surface area contributed by atoms with E-state index in [1.807, 2.05) is 0 Å². The van der Waals surface area contributed by atoms with Gasteiger partial charge < -0.3 is 4.90 Å². The molecule has 2 heteroatoms. The van der Waals surface area contributed by atoms with E-state index >= 15 is 0 Å². The van der Waals surface area contributed by atoms with Crippen LogP contribution in [0, 0.1) is 19.8 Å². The number of fused-ring (bicyclic) bond motifs is 3. The predicted octanol–water partition coefficient (Wildman–Crippen LogP) is 4.91. The van der Waals surface area contributed by atoms with E-state index in [0.717, 1.165) is 5.92 Å². The molecule has 2 aromatic rings. The van der Waals surface area contributed by atoms with Crippen LogP contribution in [0.25, 0.3) is 0 Å². The number of likely N-dealkylation sites (tertiary alicyclic amines) is 1. The van der Waals surface area contributed by atoms with Crippen molar-refractivity contribution < 1.29 is 0 Å². The number of nitrogens with zero attached hydrogens (tertiary/aromatic N) is 1. The number of likely N-dealkylation sites (N-methyl/N-ethyl adjacent to an activating group) is 1. The molecule has 2 aliphatic rings. The van der Waals surface area contributed by atoms with Gasteiger partial charge >= 0.3 is 0 Å². The van der Waals surface area contributed by atoms with Crippen molar-refractivity contribution in [1.82, 2.24) is 4.90 Å². The van der Waals surface area contributed by atoms with Crippen LogP contribution in [0.5, 0.6) is 0 Å². The van der Waals surface area contributed by atoms with Crippen molar-refractivity contribution in [1.29, 1.82) is 0 Å². The minimum Gasteiger partial charge on any atom is -0.306 e. The first-order valence-electron chi connectivity index (χ1n) is 8.49.